The van der Waals surface area contributed by atoms with E-state index in [4.69, 9.17) is 0 Å². The van der Waals surface area contributed by atoms with Crippen molar-refractivity contribution in [1.82, 2.24) is 10.2 Å². The number of urea groups is 1. The monoisotopic (exact) mass is 249 g/mol. The molecule has 0 spiro atoms. The van der Waals surface area contributed by atoms with Gasteiger partial charge in [-0.25, -0.2) is 4.79 Å². The summed E-state index contributed by atoms with van der Waals surface area (Å²) in [5.74, 6) is -0.144. The second-order valence-corrected chi connectivity index (χ2v) is 4.42. The molecule has 0 heterocycles. The topological polar surface area (TPSA) is 61.4 Å². The molecule has 1 rings (SSSR count). The Bertz CT molecular complexity index is 444. The highest BCUT2D eigenvalue weighted by Crippen LogP contribution is 2.09. The lowest BCUT2D eigenvalue weighted by Gasteiger charge is -2.18. The first-order valence-corrected chi connectivity index (χ1v) is 5.75. The minimum atomic E-state index is -0.551. The van der Waals surface area contributed by atoms with Gasteiger partial charge in [-0.3, -0.25) is 4.79 Å². The van der Waals surface area contributed by atoms with E-state index in [1.165, 1.54) is 4.90 Å². The zero-order valence-corrected chi connectivity index (χ0v) is 11.2. The van der Waals surface area contributed by atoms with Crippen molar-refractivity contribution in [3.8, 4) is 0 Å². The number of rotatable bonds is 3. The molecule has 0 radical (unpaired) electrons. The minimum absolute atomic E-state index is 0.144. The Hall–Kier alpha value is -2.04. The largest absolute Gasteiger partial charge is 0.347 e. The molecule has 1 aromatic rings. The molecule has 0 saturated heterocycles. The molecule has 0 aromatic heterocycles. The van der Waals surface area contributed by atoms with Crippen molar-refractivity contribution in [1.29, 1.82) is 0 Å². The number of anilines is 1. The Morgan fingerprint density at radius 3 is 2.50 bits per heavy atom. The number of aryl methyl sites for hydroxylation is 1. The molecule has 2 N–H and O–H groups in total. The van der Waals surface area contributed by atoms with Crippen LogP contribution in [0.2, 0.25) is 0 Å². The van der Waals surface area contributed by atoms with Crippen LogP contribution < -0.4 is 10.6 Å². The standard InChI is InChI=1S/C13H19N3O2/c1-9-6-5-7-11(8-9)15-13(18)14-10(2)12(17)16(3)4/h5-8,10H,1-4H3,(H2,14,15,18)/t10-/m1/s1. The second-order valence-electron chi connectivity index (χ2n) is 4.42. The lowest BCUT2D eigenvalue weighted by molar-refractivity contribution is -0.130. The lowest BCUT2D eigenvalue weighted by atomic mass is 10.2. The number of nitrogens with zero attached hydrogens (tertiary/aromatic N) is 1. The minimum Gasteiger partial charge on any atom is -0.347 e. The van der Waals surface area contributed by atoms with Crippen LogP contribution in [-0.4, -0.2) is 37.0 Å². The van der Waals surface area contributed by atoms with Gasteiger partial charge in [-0.2, -0.15) is 0 Å². The zero-order chi connectivity index (χ0) is 13.7. The smallest absolute Gasteiger partial charge is 0.319 e. The number of carbonyl (C=O) groups is 2. The molecule has 98 valence electrons. The number of hydrogen-bond donors (Lipinski definition) is 2. The van der Waals surface area contributed by atoms with Gasteiger partial charge in [0.05, 0.1) is 0 Å². The van der Waals surface area contributed by atoms with Gasteiger partial charge < -0.3 is 15.5 Å². The summed E-state index contributed by atoms with van der Waals surface area (Å²) in [5, 5.41) is 5.27. The predicted octanol–water partition coefficient (Wildman–Crippen LogP) is 1.59. The van der Waals surface area contributed by atoms with Gasteiger partial charge in [-0.05, 0) is 31.5 Å². The number of likely N-dealkylation sites (N-methyl/N-ethyl adjacent to an activating group) is 1. The van der Waals surface area contributed by atoms with Crippen LogP contribution in [0, 0.1) is 6.92 Å². The Morgan fingerprint density at radius 2 is 1.94 bits per heavy atom. The molecule has 5 heteroatoms. The van der Waals surface area contributed by atoms with Crippen LogP contribution in [0.1, 0.15) is 12.5 Å². The van der Waals surface area contributed by atoms with E-state index < -0.39 is 6.04 Å². The van der Waals surface area contributed by atoms with Crippen LogP contribution in [0.5, 0.6) is 0 Å². The molecule has 1 aromatic carbocycles. The molecule has 1 atom stereocenters. The third-order valence-corrected chi connectivity index (χ3v) is 2.43. The Balaban J connectivity index is 2.54. The fourth-order valence-electron chi connectivity index (χ4n) is 1.54. The number of amides is 3. The van der Waals surface area contributed by atoms with E-state index in [9.17, 15) is 9.59 Å². The van der Waals surface area contributed by atoms with Crippen LogP contribution in [-0.2, 0) is 4.79 Å². The summed E-state index contributed by atoms with van der Waals surface area (Å²) in [4.78, 5) is 24.7. The maximum absolute atomic E-state index is 11.7. The van der Waals surface area contributed by atoms with Gasteiger partial charge in [0, 0.05) is 19.8 Å². The van der Waals surface area contributed by atoms with Crippen LogP contribution in [0.3, 0.4) is 0 Å². The SMILES string of the molecule is Cc1cccc(NC(=O)N[C@H](C)C(=O)N(C)C)c1. The van der Waals surface area contributed by atoms with E-state index in [-0.39, 0.29) is 11.9 Å². The van der Waals surface area contributed by atoms with E-state index >= 15 is 0 Å². The number of nitrogens with one attached hydrogen (secondary N) is 2. The summed E-state index contributed by atoms with van der Waals surface area (Å²) < 4.78 is 0. The molecule has 0 aliphatic carbocycles. The Morgan fingerprint density at radius 1 is 1.28 bits per heavy atom. The molecule has 0 aliphatic rings. The van der Waals surface area contributed by atoms with E-state index in [1.54, 1.807) is 27.1 Å². The second kappa shape index (κ2) is 6.05. The van der Waals surface area contributed by atoms with E-state index in [0.29, 0.717) is 5.69 Å². The van der Waals surface area contributed by atoms with Crippen molar-refractivity contribution < 1.29 is 9.59 Å². The van der Waals surface area contributed by atoms with Crippen LogP contribution in [0.25, 0.3) is 0 Å². The summed E-state index contributed by atoms with van der Waals surface area (Å²) in [7, 11) is 3.30. The lowest BCUT2D eigenvalue weighted by Crippen LogP contribution is -2.45. The number of benzene rings is 1. The first-order chi connectivity index (χ1) is 8.40. The molecule has 3 amide bonds. The van der Waals surface area contributed by atoms with Gasteiger partial charge in [0.25, 0.3) is 0 Å². The normalized spacial score (nSPS) is 11.6. The van der Waals surface area contributed by atoms with E-state index in [2.05, 4.69) is 10.6 Å². The molecular weight excluding hydrogens is 230 g/mol. The first kappa shape index (κ1) is 14.0. The molecule has 18 heavy (non-hydrogen) atoms. The summed E-state index contributed by atoms with van der Waals surface area (Å²) in [5.41, 5.74) is 1.77. The molecular formula is C13H19N3O2. The van der Waals surface area contributed by atoms with Gasteiger partial charge >= 0.3 is 6.03 Å². The van der Waals surface area contributed by atoms with Crippen LogP contribution in [0.4, 0.5) is 10.5 Å². The summed E-state index contributed by atoms with van der Waals surface area (Å²) >= 11 is 0. The van der Waals surface area contributed by atoms with Crippen molar-refractivity contribution in [3.63, 3.8) is 0 Å². The number of carbonyl (C=O) groups excluding carboxylic acids is 2. The molecule has 0 fully saturated rings. The Labute approximate surface area is 107 Å². The Kier molecular flexibility index (Phi) is 4.71. The first-order valence-electron chi connectivity index (χ1n) is 5.75. The molecule has 0 bridgehead atoms. The molecule has 0 saturated carbocycles. The van der Waals surface area contributed by atoms with Gasteiger partial charge in [0.1, 0.15) is 6.04 Å². The van der Waals surface area contributed by atoms with Crippen molar-refractivity contribution in [2.75, 3.05) is 19.4 Å². The maximum atomic E-state index is 11.7. The third kappa shape index (κ3) is 4.08. The predicted molar refractivity (Wildman–Crippen MR) is 71.5 cm³/mol. The maximum Gasteiger partial charge on any atom is 0.319 e. The van der Waals surface area contributed by atoms with Gasteiger partial charge in [0.2, 0.25) is 5.91 Å². The van der Waals surface area contributed by atoms with E-state index in [0.717, 1.165) is 5.56 Å². The molecule has 5 nitrogen and oxygen atoms in total. The van der Waals surface area contributed by atoms with Crippen LogP contribution in [0.15, 0.2) is 24.3 Å². The fraction of sp³-hybridized carbons (Fsp3) is 0.385. The highest BCUT2D eigenvalue weighted by Gasteiger charge is 2.16. The summed E-state index contributed by atoms with van der Waals surface area (Å²) in [6.45, 7) is 3.60. The summed E-state index contributed by atoms with van der Waals surface area (Å²) in [6, 6.07) is 6.53. The third-order valence-electron chi connectivity index (χ3n) is 2.43. The van der Waals surface area contributed by atoms with Gasteiger partial charge in [-0.1, -0.05) is 12.1 Å². The zero-order valence-electron chi connectivity index (χ0n) is 11.2. The van der Waals surface area contributed by atoms with Gasteiger partial charge in [-0.15, -0.1) is 0 Å². The highest BCUT2D eigenvalue weighted by atomic mass is 16.2. The number of hydrogen-bond acceptors (Lipinski definition) is 2. The van der Waals surface area contributed by atoms with Crippen molar-refractivity contribution in [3.05, 3.63) is 29.8 Å². The molecule has 0 aliphatic heterocycles. The van der Waals surface area contributed by atoms with Gasteiger partial charge in [0.15, 0.2) is 0 Å². The van der Waals surface area contributed by atoms with Crippen molar-refractivity contribution in [2.24, 2.45) is 0 Å². The summed E-state index contributed by atoms with van der Waals surface area (Å²) in [6.07, 6.45) is 0. The van der Waals surface area contributed by atoms with E-state index in [1.807, 2.05) is 25.1 Å². The quantitative estimate of drug-likeness (QED) is 0.854. The average Bonchev–Trinajstić information content (AvgIpc) is 2.27. The van der Waals surface area contributed by atoms with Crippen LogP contribution >= 0.6 is 0 Å². The highest BCUT2D eigenvalue weighted by molar-refractivity contribution is 5.93. The average molecular weight is 249 g/mol. The molecule has 0 unspecified atom stereocenters. The fourth-order valence-corrected chi connectivity index (χ4v) is 1.54. The van der Waals surface area contributed by atoms with Crippen molar-refractivity contribution >= 4 is 17.6 Å². The van der Waals surface area contributed by atoms with Crippen molar-refractivity contribution in [2.45, 2.75) is 19.9 Å².